The van der Waals surface area contributed by atoms with Crippen LogP contribution in [0.3, 0.4) is 0 Å². The van der Waals surface area contributed by atoms with Crippen LogP contribution in [0.4, 0.5) is 11.4 Å². The quantitative estimate of drug-likeness (QED) is 0.509. The molecule has 1 aromatic carbocycles. The van der Waals surface area contributed by atoms with E-state index in [0.29, 0.717) is 16.9 Å². The summed E-state index contributed by atoms with van der Waals surface area (Å²) in [5, 5.41) is 31.6. The number of carboxylic acids is 1. The minimum Gasteiger partial charge on any atom is -0.502 e. The van der Waals surface area contributed by atoms with Crippen molar-refractivity contribution in [1.82, 2.24) is 4.98 Å². The number of benzene rings is 1. The Morgan fingerprint density at radius 1 is 1.31 bits per heavy atom. The van der Waals surface area contributed by atoms with Crippen molar-refractivity contribution in [2.75, 3.05) is 5.32 Å². The van der Waals surface area contributed by atoms with Crippen LogP contribution in [0.5, 0.6) is 5.75 Å². The highest BCUT2D eigenvalue weighted by atomic mass is 16.6. The number of hydrogen-bond acceptors (Lipinski definition) is 6. The second-order valence-corrected chi connectivity index (χ2v) is 5.78. The summed E-state index contributed by atoms with van der Waals surface area (Å²) in [6, 6.07) is 6.96. The van der Waals surface area contributed by atoms with Gasteiger partial charge in [0.15, 0.2) is 5.75 Å². The van der Waals surface area contributed by atoms with Crippen LogP contribution in [0.1, 0.15) is 30.5 Å². The number of phenolic OH excluding ortho intramolecular Hbond substituents is 1. The fourth-order valence-corrected chi connectivity index (χ4v) is 2.36. The number of carbonyl (C=O) groups is 2. The summed E-state index contributed by atoms with van der Waals surface area (Å²) >= 11 is 0. The van der Waals surface area contributed by atoms with Gasteiger partial charge in [-0.05, 0) is 23.8 Å². The standard InChI is InChI=1S/C17H17N3O6/c1-10(6-17(23)24)13-4-3-12(9-18-13)19-16(22)8-11-2-5-14(20(25)26)15(21)7-11/h2-5,7,9-10,21H,6,8H2,1H3,(H,19,22)(H,23,24). The summed E-state index contributed by atoms with van der Waals surface area (Å²) in [4.78, 5) is 36.8. The zero-order valence-corrected chi connectivity index (χ0v) is 13.9. The van der Waals surface area contributed by atoms with Crippen LogP contribution >= 0.6 is 0 Å². The van der Waals surface area contributed by atoms with E-state index in [1.807, 2.05) is 0 Å². The Hall–Kier alpha value is -3.49. The van der Waals surface area contributed by atoms with Crippen LogP contribution < -0.4 is 5.32 Å². The van der Waals surface area contributed by atoms with Gasteiger partial charge >= 0.3 is 11.7 Å². The highest BCUT2D eigenvalue weighted by molar-refractivity contribution is 5.92. The van der Waals surface area contributed by atoms with Gasteiger partial charge < -0.3 is 15.5 Å². The topological polar surface area (TPSA) is 143 Å². The molecule has 136 valence electrons. The number of aliphatic carboxylic acids is 1. The third-order valence-corrected chi connectivity index (χ3v) is 3.66. The van der Waals surface area contributed by atoms with Crippen molar-refractivity contribution < 1.29 is 24.7 Å². The van der Waals surface area contributed by atoms with Gasteiger partial charge in [-0.25, -0.2) is 0 Å². The lowest BCUT2D eigenvalue weighted by Crippen LogP contribution is -2.15. The van der Waals surface area contributed by atoms with E-state index >= 15 is 0 Å². The molecule has 0 fully saturated rings. The number of hydrogen-bond donors (Lipinski definition) is 3. The molecule has 0 spiro atoms. The van der Waals surface area contributed by atoms with Crippen molar-refractivity contribution in [3.05, 3.63) is 57.9 Å². The maximum absolute atomic E-state index is 12.0. The van der Waals surface area contributed by atoms with Crippen LogP contribution in [0, 0.1) is 10.1 Å². The molecule has 0 saturated heterocycles. The number of rotatable bonds is 7. The van der Waals surface area contributed by atoms with Crippen LogP contribution in [-0.2, 0) is 16.0 Å². The number of amides is 1. The van der Waals surface area contributed by atoms with Crippen LogP contribution in [0.25, 0.3) is 0 Å². The average molecular weight is 359 g/mol. The maximum Gasteiger partial charge on any atom is 0.310 e. The van der Waals surface area contributed by atoms with Gasteiger partial charge in [-0.15, -0.1) is 0 Å². The predicted octanol–water partition coefficient (Wildman–Crippen LogP) is 2.45. The third kappa shape index (κ3) is 5.00. The largest absolute Gasteiger partial charge is 0.502 e. The van der Waals surface area contributed by atoms with E-state index in [4.69, 9.17) is 5.11 Å². The Morgan fingerprint density at radius 2 is 2.04 bits per heavy atom. The van der Waals surface area contributed by atoms with Gasteiger partial charge in [-0.2, -0.15) is 0 Å². The van der Waals surface area contributed by atoms with E-state index in [2.05, 4.69) is 10.3 Å². The molecule has 0 aliphatic heterocycles. The first-order valence-corrected chi connectivity index (χ1v) is 7.70. The Balaban J connectivity index is 1.98. The van der Waals surface area contributed by atoms with Crippen LogP contribution in [-0.4, -0.2) is 32.0 Å². The van der Waals surface area contributed by atoms with Crippen LogP contribution in [0.2, 0.25) is 0 Å². The second-order valence-electron chi connectivity index (χ2n) is 5.78. The molecule has 2 rings (SSSR count). The number of phenols is 1. The molecule has 26 heavy (non-hydrogen) atoms. The van der Waals surface area contributed by atoms with E-state index in [-0.39, 0.29) is 24.7 Å². The highest BCUT2D eigenvalue weighted by Crippen LogP contribution is 2.26. The minimum absolute atomic E-state index is 0.0393. The average Bonchev–Trinajstić information content (AvgIpc) is 2.54. The number of aromatic hydroxyl groups is 1. The smallest absolute Gasteiger partial charge is 0.310 e. The number of anilines is 1. The van der Waals surface area contributed by atoms with E-state index in [0.717, 1.165) is 6.07 Å². The zero-order valence-electron chi connectivity index (χ0n) is 13.9. The monoisotopic (exact) mass is 359 g/mol. The lowest BCUT2D eigenvalue weighted by Gasteiger charge is -2.10. The summed E-state index contributed by atoms with van der Waals surface area (Å²) in [5.41, 5.74) is 1.03. The maximum atomic E-state index is 12.0. The van der Waals surface area contributed by atoms with Crippen molar-refractivity contribution in [3.8, 4) is 5.75 Å². The molecular weight excluding hydrogens is 342 g/mol. The molecule has 1 aromatic heterocycles. The molecule has 3 N–H and O–H groups in total. The molecule has 0 aliphatic rings. The molecule has 1 unspecified atom stereocenters. The molecule has 9 heteroatoms. The van der Waals surface area contributed by atoms with Gasteiger partial charge in [0, 0.05) is 17.7 Å². The van der Waals surface area contributed by atoms with Crippen molar-refractivity contribution in [2.45, 2.75) is 25.7 Å². The summed E-state index contributed by atoms with van der Waals surface area (Å²) in [5.74, 6) is -2.05. The molecule has 0 aliphatic carbocycles. The third-order valence-electron chi connectivity index (χ3n) is 3.66. The van der Waals surface area contributed by atoms with E-state index in [1.54, 1.807) is 19.1 Å². The number of aromatic nitrogens is 1. The molecule has 2 aromatic rings. The molecule has 0 saturated carbocycles. The minimum atomic E-state index is -0.914. The lowest BCUT2D eigenvalue weighted by atomic mass is 10.0. The number of carboxylic acid groups (broad SMARTS) is 1. The van der Waals surface area contributed by atoms with Gasteiger partial charge in [-0.3, -0.25) is 24.7 Å². The first kappa shape index (κ1) is 18.8. The summed E-state index contributed by atoms with van der Waals surface area (Å²) in [7, 11) is 0. The number of nitrogens with zero attached hydrogens (tertiary/aromatic N) is 2. The summed E-state index contributed by atoms with van der Waals surface area (Å²) in [6.07, 6.45) is 1.31. The van der Waals surface area contributed by atoms with Gasteiger partial charge in [0.25, 0.3) is 0 Å². The number of nitrogens with one attached hydrogen (secondary N) is 1. The van der Waals surface area contributed by atoms with Crippen molar-refractivity contribution >= 4 is 23.3 Å². The number of nitro benzene ring substituents is 1. The Morgan fingerprint density at radius 3 is 2.58 bits per heavy atom. The molecule has 1 amide bonds. The van der Waals surface area contributed by atoms with Gasteiger partial charge in [0.05, 0.1) is 29.6 Å². The van der Waals surface area contributed by atoms with Crippen molar-refractivity contribution in [3.63, 3.8) is 0 Å². The highest BCUT2D eigenvalue weighted by Gasteiger charge is 2.15. The Bertz CT molecular complexity index is 835. The van der Waals surface area contributed by atoms with Gasteiger partial charge in [-0.1, -0.05) is 13.0 Å². The predicted molar refractivity (Wildman–Crippen MR) is 92.0 cm³/mol. The Labute approximate surface area is 148 Å². The van der Waals surface area contributed by atoms with E-state index < -0.39 is 22.3 Å². The molecule has 0 radical (unpaired) electrons. The first-order valence-electron chi connectivity index (χ1n) is 7.70. The molecule has 9 nitrogen and oxygen atoms in total. The molecule has 0 bridgehead atoms. The van der Waals surface area contributed by atoms with E-state index in [1.165, 1.54) is 18.3 Å². The second kappa shape index (κ2) is 8.06. The molecular formula is C17H17N3O6. The fourth-order valence-electron chi connectivity index (χ4n) is 2.36. The van der Waals surface area contributed by atoms with Gasteiger partial charge in [0.1, 0.15) is 0 Å². The number of pyridine rings is 1. The zero-order chi connectivity index (χ0) is 19.3. The summed E-state index contributed by atoms with van der Waals surface area (Å²) < 4.78 is 0. The first-order chi connectivity index (χ1) is 12.3. The lowest BCUT2D eigenvalue weighted by molar-refractivity contribution is -0.385. The molecule has 1 heterocycles. The van der Waals surface area contributed by atoms with Gasteiger partial charge in [0.2, 0.25) is 5.91 Å². The number of carbonyl (C=O) groups excluding carboxylic acids is 1. The van der Waals surface area contributed by atoms with Crippen molar-refractivity contribution in [2.24, 2.45) is 0 Å². The van der Waals surface area contributed by atoms with Crippen LogP contribution in [0.15, 0.2) is 36.5 Å². The normalized spacial score (nSPS) is 11.6. The Kier molecular flexibility index (Phi) is 5.84. The number of nitro groups is 1. The SMILES string of the molecule is CC(CC(=O)O)c1ccc(NC(=O)Cc2ccc([N+](=O)[O-])c(O)c2)cn1. The van der Waals surface area contributed by atoms with Crippen molar-refractivity contribution in [1.29, 1.82) is 0 Å². The van der Waals surface area contributed by atoms with E-state index in [9.17, 15) is 24.8 Å². The molecule has 1 atom stereocenters. The summed E-state index contributed by atoms with van der Waals surface area (Å²) in [6.45, 7) is 1.75. The fraction of sp³-hybridized carbons (Fsp3) is 0.235.